The lowest BCUT2D eigenvalue weighted by Gasteiger charge is -2.41. The normalized spacial score (nSPS) is 25.2. The van der Waals surface area contributed by atoms with Crippen molar-refractivity contribution < 1.29 is 17.2 Å². The lowest BCUT2D eigenvalue weighted by Crippen LogP contribution is -2.56. The van der Waals surface area contributed by atoms with Crippen molar-refractivity contribution in [2.24, 2.45) is 0 Å². The van der Waals surface area contributed by atoms with E-state index in [0.29, 0.717) is 6.07 Å². The summed E-state index contributed by atoms with van der Waals surface area (Å²) in [6, 6.07) is 1.58. The van der Waals surface area contributed by atoms with Gasteiger partial charge in [0.1, 0.15) is 16.5 Å². The van der Waals surface area contributed by atoms with Crippen molar-refractivity contribution in [1.29, 1.82) is 0 Å². The lowest BCUT2D eigenvalue weighted by atomic mass is 10.1. The van der Waals surface area contributed by atoms with Crippen LogP contribution in [0.2, 0.25) is 0 Å². The van der Waals surface area contributed by atoms with Crippen molar-refractivity contribution in [3.63, 3.8) is 0 Å². The molecule has 1 aromatic rings. The van der Waals surface area contributed by atoms with Crippen LogP contribution in [0.4, 0.5) is 8.78 Å². The Labute approximate surface area is 131 Å². The van der Waals surface area contributed by atoms with Crippen LogP contribution in [0.5, 0.6) is 0 Å². The minimum absolute atomic E-state index is 0.0193. The number of nitrogens with zero attached hydrogens (tertiary/aromatic N) is 2. The molecule has 0 aliphatic carbocycles. The van der Waals surface area contributed by atoms with Crippen molar-refractivity contribution in [3.8, 4) is 0 Å². The molecule has 1 aliphatic heterocycles. The Morgan fingerprint density at radius 1 is 1.19 bits per heavy atom. The summed E-state index contributed by atoms with van der Waals surface area (Å²) in [4.78, 5) is 1.56. The van der Waals surface area contributed by atoms with Crippen LogP contribution < -0.4 is 0 Å². The number of rotatable bonds is 2. The number of benzene rings is 1. The minimum atomic E-state index is -4.01. The van der Waals surface area contributed by atoms with Gasteiger partial charge in [-0.1, -0.05) is 0 Å². The Bertz CT molecular complexity index is 619. The molecule has 2 rings (SSSR count). The van der Waals surface area contributed by atoms with Gasteiger partial charge >= 0.3 is 0 Å². The summed E-state index contributed by atoms with van der Waals surface area (Å²) in [7, 11) is -2.09. The molecular weight excluding hydrogens is 366 g/mol. The van der Waals surface area contributed by atoms with Crippen molar-refractivity contribution in [1.82, 2.24) is 9.21 Å². The fourth-order valence-electron chi connectivity index (χ4n) is 2.46. The van der Waals surface area contributed by atoms with Gasteiger partial charge in [-0.25, -0.2) is 17.2 Å². The smallest absolute Gasteiger partial charge is 0.247 e. The van der Waals surface area contributed by atoms with Gasteiger partial charge in [-0.2, -0.15) is 4.31 Å². The van der Waals surface area contributed by atoms with Gasteiger partial charge in [0.25, 0.3) is 0 Å². The number of halogens is 3. The quantitative estimate of drug-likeness (QED) is 0.788. The van der Waals surface area contributed by atoms with Crippen LogP contribution in [0, 0.1) is 11.6 Å². The summed E-state index contributed by atoms with van der Waals surface area (Å²) >= 11 is 2.95. The first-order valence-corrected chi connectivity index (χ1v) is 8.74. The van der Waals surface area contributed by atoms with Gasteiger partial charge in [-0.3, -0.25) is 4.90 Å². The van der Waals surface area contributed by atoms with Gasteiger partial charge in [0.05, 0.1) is 0 Å². The number of piperazine rings is 1. The SMILES string of the molecule is CC1CN(S(=O)(=O)c2c(F)cc(F)cc2Br)CC(C)N1C. The van der Waals surface area contributed by atoms with Gasteiger partial charge in [0, 0.05) is 35.7 Å². The first-order valence-electron chi connectivity index (χ1n) is 6.51. The second-order valence-electron chi connectivity index (χ2n) is 5.38. The molecule has 1 heterocycles. The zero-order chi connectivity index (χ0) is 15.9. The van der Waals surface area contributed by atoms with E-state index in [4.69, 9.17) is 0 Å². The monoisotopic (exact) mass is 382 g/mol. The molecule has 0 radical (unpaired) electrons. The minimum Gasteiger partial charge on any atom is -0.298 e. The molecule has 118 valence electrons. The van der Waals surface area contributed by atoms with Gasteiger partial charge in [0.2, 0.25) is 10.0 Å². The zero-order valence-electron chi connectivity index (χ0n) is 12.0. The summed E-state index contributed by atoms with van der Waals surface area (Å²) in [6.45, 7) is 4.36. The largest absolute Gasteiger partial charge is 0.298 e. The Hall–Kier alpha value is -0.570. The van der Waals surface area contributed by atoms with Crippen LogP contribution in [-0.4, -0.2) is 49.8 Å². The van der Waals surface area contributed by atoms with Crippen LogP contribution in [0.1, 0.15) is 13.8 Å². The van der Waals surface area contributed by atoms with Gasteiger partial charge in [0.15, 0.2) is 0 Å². The molecule has 1 saturated heterocycles. The molecule has 0 bridgehead atoms. The molecule has 8 heteroatoms. The van der Waals surface area contributed by atoms with Crippen LogP contribution >= 0.6 is 15.9 Å². The number of likely N-dealkylation sites (N-methyl/N-ethyl adjacent to an activating group) is 1. The van der Waals surface area contributed by atoms with E-state index in [1.807, 2.05) is 20.9 Å². The molecule has 0 saturated carbocycles. The first kappa shape index (κ1) is 16.8. The summed E-state index contributed by atoms with van der Waals surface area (Å²) in [6.07, 6.45) is 0. The van der Waals surface area contributed by atoms with E-state index in [2.05, 4.69) is 20.8 Å². The van der Waals surface area contributed by atoms with Crippen molar-refractivity contribution in [2.45, 2.75) is 30.8 Å². The summed E-state index contributed by atoms with van der Waals surface area (Å²) < 4.78 is 53.5. The molecule has 2 atom stereocenters. The van der Waals surface area contributed by atoms with E-state index >= 15 is 0 Å². The van der Waals surface area contributed by atoms with Gasteiger partial charge in [-0.05, 0) is 42.9 Å². The fourth-order valence-corrected chi connectivity index (χ4v) is 5.17. The summed E-state index contributed by atoms with van der Waals surface area (Å²) in [5.41, 5.74) is 0. The number of hydrogen-bond donors (Lipinski definition) is 0. The molecule has 1 aliphatic rings. The molecule has 0 N–H and O–H groups in total. The molecule has 0 amide bonds. The molecule has 4 nitrogen and oxygen atoms in total. The standard InChI is InChI=1S/C13H17BrF2N2O2S/c1-8-6-18(7-9(2)17(8)3)21(19,20)13-11(14)4-10(15)5-12(13)16/h4-5,8-9H,6-7H2,1-3H3. The Kier molecular flexibility index (Phi) is 4.72. The van der Waals surface area contributed by atoms with Crippen molar-refractivity contribution in [3.05, 3.63) is 28.2 Å². The first-order chi connectivity index (χ1) is 9.64. The van der Waals surface area contributed by atoms with Crippen LogP contribution in [0.15, 0.2) is 21.5 Å². The number of hydrogen-bond acceptors (Lipinski definition) is 3. The fraction of sp³-hybridized carbons (Fsp3) is 0.538. The highest BCUT2D eigenvalue weighted by molar-refractivity contribution is 9.10. The predicted octanol–water partition coefficient (Wildman–Crippen LogP) is 2.44. The van der Waals surface area contributed by atoms with Crippen molar-refractivity contribution in [2.75, 3.05) is 20.1 Å². The topological polar surface area (TPSA) is 40.6 Å². The highest BCUT2D eigenvalue weighted by Crippen LogP contribution is 2.30. The van der Waals surface area contributed by atoms with E-state index < -0.39 is 26.6 Å². The third-order valence-electron chi connectivity index (χ3n) is 3.89. The van der Waals surface area contributed by atoms with E-state index in [1.165, 1.54) is 4.31 Å². The molecule has 0 spiro atoms. The molecule has 0 aromatic heterocycles. The molecule has 2 unspecified atom stereocenters. The summed E-state index contributed by atoms with van der Waals surface area (Å²) in [5.74, 6) is -1.90. The molecule has 1 aromatic carbocycles. The molecular formula is C13H17BrF2N2O2S. The Balaban J connectivity index is 2.44. The van der Waals surface area contributed by atoms with Crippen LogP contribution in [0.3, 0.4) is 0 Å². The average molecular weight is 383 g/mol. The molecule has 1 fully saturated rings. The Morgan fingerprint density at radius 3 is 2.19 bits per heavy atom. The third-order valence-corrected chi connectivity index (χ3v) is 6.68. The van der Waals surface area contributed by atoms with Crippen LogP contribution in [-0.2, 0) is 10.0 Å². The average Bonchev–Trinajstić information content (AvgIpc) is 2.33. The van der Waals surface area contributed by atoms with Gasteiger partial charge < -0.3 is 0 Å². The third kappa shape index (κ3) is 3.13. The Morgan fingerprint density at radius 2 is 1.71 bits per heavy atom. The maximum Gasteiger partial charge on any atom is 0.247 e. The van der Waals surface area contributed by atoms with Crippen LogP contribution in [0.25, 0.3) is 0 Å². The lowest BCUT2D eigenvalue weighted by molar-refractivity contribution is 0.105. The van der Waals surface area contributed by atoms with Gasteiger partial charge in [-0.15, -0.1) is 0 Å². The predicted molar refractivity (Wildman–Crippen MR) is 79.5 cm³/mol. The highest BCUT2D eigenvalue weighted by atomic mass is 79.9. The van der Waals surface area contributed by atoms with E-state index in [-0.39, 0.29) is 29.6 Å². The second kappa shape index (κ2) is 5.91. The summed E-state index contributed by atoms with van der Waals surface area (Å²) in [5, 5.41) is 0. The molecule has 21 heavy (non-hydrogen) atoms. The van der Waals surface area contributed by atoms with E-state index in [0.717, 1.165) is 6.07 Å². The van der Waals surface area contributed by atoms with E-state index in [9.17, 15) is 17.2 Å². The zero-order valence-corrected chi connectivity index (χ0v) is 14.4. The maximum absolute atomic E-state index is 13.9. The number of sulfonamides is 1. The highest BCUT2D eigenvalue weighted by Gasteiger charge is 2.37. The van der Waals surface area contributed by atoms with E-state index in [1.54, 1.807) is 0 Å². The second-order valence-corrected chi connectivity index (χ2v) is 8.11. The van der Waals surface area contributed by atoms with Crippen molar-refractivity contribution >= 4 is 26.0 Å². The maximum atomic E-state index is 13.9.